The molecular formula is C21H26N4O2S. The lowest BCUT2D eigenvalue weighted by molar-refractivity contribution is 0.617. The van der Waals surface area contributed by atoms with Gasteiger partial charge in [0.25, 0.3) is 5.56 Å². The second kappa shape index (κ2) is 7.56. The van der Waals surface area contributed by atoms with Crippen LogP contribution < -0.4 is 10.3 Å². The van der Waals surface area contributed by atoms with E-state index in [0.717, 1.165) is 11.1 Å². The molecule has 1 aromatic carbocycles. The summed E-state index contributed by atoms with van der Waals surface area (Å²) in [7, 11) is 0.464. The summed E-state index contributed by atoms with van der Waals surface area (Å²) in [6.07, 6.45) is 1.68. The van der Waals surface area contributed by atoms with Gasteiger partial charge in [0.2, 0.25) is 0 Å². The Morgan fingerprint density at radius 1 is 1.21 bits per heavy atom. The van der Waals surface area contributed by atoms with Crippen molar-refractivity contribution in [2.45, 2.75) is 45.4 Å². The van der Waals surface area contributed by atoms with Gasteiger partial charge in [-0.05, 0) is 63.9 Å². The predicted octanol–water partition coefficient (Wildman–Crippen LogP) is 3.42. The normalized spacial score (nSPS) is 14.2. The number of hydrogen-bond donors (Lipinski definition) is 1. The summed E-state index contributed by atoms with van der Waals surface area (Å²) >= 11 is 0. The van der Waals surface area contributed by atoms with E-state index in [1.54, 1.807) is 13.2 Å². The van der Waals surface area contributed by atoms with E-state index >= 15 is 0 Å². The SMILES string of the molecule is Cc1cc([C@@H](C)N[S@](=O)C(C)(C)C)c2nc(-c3ccccn3)n(C)c(=O)c2c1. The molecule has 0 aliphatic rings. The summed E-state index contributed by atoms with van der Waals surface area (Å²) < 4.78 is 16.9. The van der Waals surface area contributed by atoms with Crippen LogP contribution in [0.5, 0.6) is 0 Å². The number of benzene rings is 1. The van der Waals surface area contributed by atoms with E-state index in [2.05, 4.69) is 9.71 Å². The van der Waals surface area contributed by atoms with E-state index in [1.807, 2.05) is 65.0 Å². The summed E-state index contributed by atoms with van der Waals surface area (Å²) in [5.74, 6) is 0.507. The van der Waals surface area contributed by atoms with Crippen LogP contribution in [0.2, 0.25) is 0 Å². The molecule has 0 bridgehead atoms. The highest BCUT2D eigenvalue weighted by atomic mass is 32.2. The Labute approximate surface area is 167 Å². The lowest BCUT2D eigenvalue weighted by Gasteiger charge is -2.23. The van der Waals surface area contributed by atoms with Crippen LogP contribution >= 0.6 is 0 Å². The monoisotopic (exact) mass is 398 g/mol. The summed E-state index contributed by atoms with van der Waals surface area (Å²) in [5, 5.41) is 0.548. The highest BCUT2D eigenvalue weighted by molar-refractivity contribution is 7.84. The largest absolute Gasteiger partial charge is 0.294 e. The molecule has 2 aromatic heterocycles. The number of hydrogen-bond acceptors (Lipinski definition) is 4. The Hall–Kier alpha value is -2.38. The fourth-order valence-corrected chi connectivity index (χ4v) is 3.81. The number of aryl methyl sites for hydroxylation is 1. The maximum absolute atomic E-state index is 13.0. The summed E-state index contributed by atoms with van der Waals surface area (Å²) in [4.78, 5) is 22.2. The topological polar surface area (TPSA) is 76.9 Å². The molecule has 2 heterocycles. The third kappa shape index (κ3) is 3.91. The predicted molar refractivity (Wildman–Crippen MR) is 114 cm³/mol. The maximum atomic E-state index is 13.0. The van der Waals surface area contributed by atoms with Crippen molar-refractivity contribution >= 4 is 21.9 Å². The smallest absolute Gasteiger partial charge is 0.261 e. The molecule has 0 unspecified atom stereocenters. The van der Waals surface area contributed by atoms with Gasteiger partial charge in [-0.2, -0.15) is 0 Å². The average molecular weight is 399 g/mol. The van der Waals surface area contributed by atoms with E-state index < -0.39 is 15.7 Å². The Bertz CT molecular complexity index is 1100. The number of pyridine rings is 1. The number of nitrogens with zero attached hydrogens (tertiary/aromatic N) is 3. The molecule has 0 saturated heterocycles. The van der Waals surface area contributed by atoms with Crippen molar-refractivity contribution in [2.75, 3.05) is 0 Å². The Morgan fingerprint density at radius 3 is 2.54 bits per heavy atom. The first-order chi connectivity index (χ1) is 13.1. The minimum absolute atomic E-state index is 0.125. The van der Waals surface area contributed by atoms with Crippen molar-refractivity contribution in [3.63, 3.8) is 0 Å². The fraction of sp³-hybridized carbons (Fsp3) is 0.381. The summed E-state index contributed by atoms with van der Waals surface area (Å²) in [6.45, 7) is 9.65. The third-order valence-corrected chi connectivity index (χ3v) is 6.23. The van der Waals surface area contributed by atoms with Gasteiger partial charge in [0.1, 0.15) is 5.69 Å². The second-order valence-corrected chi connectivity index (χ2v) is 9.98. The number of aromatic nitrogens is 3. The van der Waals surface area contributed by atoms with Crippen molar-refractivity contribution in [3.05, 3.63) is 58.0 Å². The van der Waals surface area contributed by atoms with Crippen LogP contribution in [0.1, 0.15) is 44.9 Å². The van der Waals surface area contributed by atoms with E-state index in [9.17, 15) is 9.00 Å². The summed E-state index contributed by atoms with van der Waals surface area (Å²) in [5.41, 5.74) is 2.93. The second-order valence-electron chi connectivity index (χ2n) is 7.99. The molecule has 3 rings (SSSR count). The van der Waals surface area contributed by atoms with Crippen LogP contribution in [0.3, 0.4) is 0 Å². The van der Waals surface area contributed by atoms with Gasteiger partial charge in [-0.25, -0.2) is 13.9 Å². The molecule has 148 valence electrons. The van der Waals surface area contributed by atoms with Gasteiger partial charge in [-0.1, -0.05) is 12.1 Å². The van der Waals surface area contributed by atoms with E-state index in [1.165, 1.54) is 4.57 Å². The van der Waals surface area contributed by atoms with Crippen molar-refractivity contribution in [1.29, 1.82) is 0 Å². The molecule has 0 radical (unpaired) electrons. The molecular weight excluding hydrogens is 372 g/mol. The zero-order valence-corrected chi connectivity index (χ0v) is 17.9. The van der Waals surface area contributed by atoms with Gasteiger partial charge in [-0.15, -0.1) is 0 Å². The zero-order valence-electron chi connectivity index (χ0n) is 17.1. The molecule has 1 N–H and O–H groups in total. The van der Waals surface area contributed by atoms with Crippen molar-refractivity contribution in [3.8, 4) is 11.5 Å². The van der Waals surface area contributed by atoms with Crippen LogP contribution in [0, 0.1) is 6.92 Å². The molecule has 0 saturated carbocycles. The fourth-order valence-electron chi connectivity index (χ4n) is 3.01. The van der Waals surface area contributed by atoms with E-state index in [0.29, 0.717) is 22.4 Å². The van der Waals surface area contributed by atoms with Gasteiger partial charge >= 0.3 is 0 Å². The first-order valence-corrected chi connectivity index (χ1v) is 10.4. The molecule has 0 aliphatic heterocycles. The first-order valence-electron chi connectivity index (χ1n) is 9.20. The number of nitrogens with one attached hydrogen (secondary N) is 1. The van der Waals surface area contributed by atoms with Crippen molar-refractivity contribution in [1.82, 2.24) is 19.3 Å². The van der Waals surface area contributed by atoms with Gasteiger partial charge in [0, 0.05) is 19.3 Å². The molecule has 2 atom stereocenters. The average Bonchev–Trinajstić information content (AvgIpc) is 2.64. The molecule has 0 spiro atoms. The number of fused-ring (bicyclic) bond motifs is 1. The molecule has 6 nitrogen and oxygen atoms in total. The Kier molecular flexibility index (Phi) is 5.50. The summed E-state index contributed by atoms with van der Waals surface area (Å²) in [6, 6.07) is 9.13. The van der Waals surface area contributed by atoms with Gasteiger partial charge in [0.15, 0.2) is 5.82 Å². The first kappa shape index (κ1) is 20.4. The third-order valence-electron chi connectivity index (χ3n) is 4.55. The molecule has 0 amide bonds. The minimum atomic E-state index is -1.24. The van der Waals surface area contributed by atoms with Crippen LogP contribution in [0.15, 0.2) is 41.3 Å². The molecule has 0 fully saturated rings. The standard InChI is InChI=1S/C21H26N4O2S/c1-13-11-15(14(2)24-28(27)21(3,4)5)18-16(12-13)20(26)25(6)19(23-18)17-9-7-8-10-22-17/h7-12,14,24H,1-6H3/t14-,28-/m1/s1. The lowest BCUT2D eigenvalue weighted by Crippen LogP contribution is -2.35. The molecule has 3 aromatic rings. The van der Waals surface area contributed by atoms with Crippen LogP contribution in [0.25, 0.3) is 22.4 Å². The zero-order chi connectivity index (χ0) is 20.6. The molecule has 7 heteroatoms. The minimum Gasteiger partial charge on any atom is -0.294 e. The van der Waals surface area contributed by atoms with E-state index in [4.69, 9.17) is 4.98 Å². The molecule has 28 heavy (non-hydrogen) atoms. The Balaban J connectivity index is 2.22. The van der Waals surface area contributed by atoms with Gasteiger partial charge < -0.3 is 0 Å². The quantitative estimate of drug-likeness (QED) is 0.731. The van der Waals surface area contributed by atoms with Crippen LogP contribution in [0.4, 0.5) is 0 Å². The number of rotatable bonds is 4. The van der Waals surface area contributed by atoms with Gasteiger partial charge in [-0.3, -0.25) is 14.3 Å². The van der Waals surface area contributed by atoms with Gasteiger partial charge in [0.05, 0.1) is 26.6 Å². The van der Waals surface area contributed by atoms with Crippen molar-refractivity contribution in [2.24, 2.45) is 7.05 Å². The lowest BCUT2D eigenvalue weighted by atomic mass is 10.0. The van der Waals surface area contributed by atoms with Crippen molar-refractivity contribution < 1.29 is 4.21 Å². The highest BCUT2D eigenvalue weighted by Crippen LogP contribution is 2.26. The highest BCUT2D eigenvalue weighted by Gasteiger charge is 2.24. The maximum Gasteiger partial charge on any atom is 0.261 e. The van der Waals surface area contributed by atoms with Crippen LogP contribution in [-0.4, -0.2) is 23.5 Å². The van der Waals surface area contributed by atoms with Crippen LogP contribution in [-0.2, 0) is 18.0 Å². The molecule has 0 aliphatic carbocycles. The van der Waals surface area contributed by atoms with E-state index in [-0.39, 0.29) is 11.6 Å². The Morgan fingerprint density at radius 2 is 1.93 bits per heavy atom.